The first-order chi connectivity index (χ1) is 30.0. The second-order valence-electron chi connectivity index (χ2n) is 16.6. The van der Waals surface area contributed by atoms with Gasteiger partial charge in [-0.05, 0) is 127 Å². The molecule has 11 rings (SSSR count). The summed E-state index contributed by atoms with van der Waals surface area (Å²) in [5.41, 5.74) is 16.8. The largest absolute Gasteiger partial charge is 0.310 e. The molecule has 0 saturated carbocycles. The molecule has 10 aromatic rings. The Morgan fingerprint density at radius 3 is 1.46 bits per heavy atom. The molecule has 10 aromatic carbocycles. The summed E-state index contributed by atoms with van der Waals surface area (Å²) < 4.78 is 0. The second-order valence-corrected chi connectivity index (χ2v) is 16.6. The van der Waals surface area contributed by atoms with Gasteiger partial charge in [-0.1, -0.05) is 178 Å². The molecule has 0 fully saturated rings. The van der Waals surface area contributed by atoms with Gasteiger partial charge < -0.3 is 9.80 Å². The first-order valence-electron chi connectivity index (χ1n) is 21.2. The minimum atomic E-state index is -0.0989. The summed E-state index contributed by atoms with van der Waals surface area (Å²) in [6.45, 7) is 4.70. The molecule has 61 heavy (non-hydrogen) atoms. The molecule has 0 spiro atoms. The van der Waals surface area contributed by atoms with Crippen LogP contribution < -0.4 is 9.80 Å². The molecule has 0 saturated heterocycles. The van der Waals surface area contributed by atoms with Gasteiger partial charge in [0.1, 0.15) is 0 Å². The van der Waals surface area contributed by atoms with Crippen LogP contribution in [0.2, 0.25) is 0 Å². The fourth-order valence-corrected chi connectivity index (χ4v) is 9.46. The quantitative estimate of drug-likeness (QED) is 0.152. The van der Waals surface area contributed by atoms with E-state index in [4.69, 9.17) is 0 Å². The molecule has 0 atom stereocenters. The summed E-state index contributed by atoms with van der Waals surface area (Å²) in [6, 6.07) is 84.1. The van der Waals surface area contributed by atoms with Gasteiger partial charge in [-0.2, -0.15) is 0 Å². The van der Waals surface area contributed by atoms with Gasteiger partial charge in [-0.3, -0.25) is 0 Å². The number of hydrogen-bond donors (Lipinski definition) is 0. The smallest absolute Gasteiger partial charge is 0.0540 e. The number of benzene rings is 10. The van der Waals surface area contributed by atoms with Gasteiger partial charge >= 0.3 is 0 Å². The van der Waals surface area contributed by atoms with Gasteiger partial charge in [0.25, 0.3) is 0 Å². The fourth-order valence-electron chi connectivity index (χ4n) is 9.46. The van der Waals surface area contributed by atoms with Crippen LogP contribution in [0.1, 0.15) is 25.0 Å². The maximum absolute atomic E-state index is 2.41. The van der Waals surface area contributed by atoms with Crippen LogP contribution in [0.3, 0.4) is 0 Å². The van der Waals surface area contributed by atoms with Gasteiger partial charge in [0.05, 0.1) is 5.69 Å². The van der Waals surface area contributed by atoms with Crippen LogP contribution in [0.15, 0.2) is 231 Å². The van der Waals surface area contributed by atoms with Crippen molar-refractivity contribution >= 4 is 55.7 Å². The molecule has 0 aromatic heterocycles. The van der Waals surface area contributed by atoms with E-state index in [-0.39, 0.29) is 5.41 Å². The zero-order valence-corrected chi connectivity index (χ0v) is 34.3. The minimum absolute atomic E-state index is 0.0989. The van der Waals surface area contributed by atoms with E-state index in [1.54, 1.807) is 0 Å². The molecule has 0 amide bonds. The van der Waals surface area contributed by atoms with E-state index in [2.05, 4.69) is 254 Å². The monoisotopic (exact) mass is 780 g/mol. The van der Waals surface area contributed by atoms with Crippen LogP contribution in [0.25, 0.3) is 54.9 Å². The third-order valence-corrected chi connectivity index (χ3v) is 12.6. The van der Waals surface area contributed by atoms with Crippen molar-refractivity contribution in [2.75, 3.05) is 9.80 Å². The van der Waals surface area contributed by atoms with Crippen molar-refractivity contribution in [3.8, 4) is 33.4 Å². The Morgan fingerprint density at radius 2 is 0.770 bits per heavy atom. The first-order valence-corrected chi connectivity index (χ1v) is 21.2. The zero-order chi connectivity index (χ0) is 40.9. The predicted molar refractivity (Wildman–Crippen MR) is 259 cm³/mol. The molecule has 0 N–H and O–H groups in total. The summed E-state index contributed by atoms with van der Waals surface area (Å²) in [4.78, 5) is 4.78. The predicted octanol–water partition coefficient (Wildman–Crippen LogP) is 16.6. The Balaban J connectivity index is 0.963. The van der Waals surface area contributed by atoms with E-state index < -0.39 is 0 Å². The molecule has 0 bridgehead atoms. The number of nitrogens with zero attached hydrogens (tertiary/aromatic N) is 2. The van der Waals surface area contributed by atoms with Crippen LogP contribution in [0.5, 0.6) is 0 Å². The highest BCUT2D eigenvalue weighted by Crippen LogP contribution is 2.51. The second kappa shape index (κ2) is 14.9. The van der Waals surface area contributed by atoms with Crippen molar-refractivity contribution in [3.05, 3.63) is 242 Å². The molecule has 0 aliphatic heterocycles. The lowest BCUT2D eigenvalue weighted by Crippen LogP contribution is -2.16. The summed E-state index contributed by atoms with van der Waals surface area (Å²) in [6.07, 6.45) is 0. The van der Waals surface area contributed by atoms with Gasteiger partial charge in [-0.15, -0.1) is 0 Å². The van der Waals surface area contributed by atoms with E-state index in [0.717, 1.165) is 34.1 Å². The maximum Gasteiger partial charge on any atom is 0.0540 e. The lowest BCUT2D eigenvalue weighted by atomic mass is 9.82. The van der Waals surface area contributed by atoms with Crippen LogP contribution >= 0.6 is 0 Å². The van der Waals surface area contributed by atoms with Gasteiger partial charge in [0.2, 0.25) is 0 Å². The van der Waals surface area contributed by atoms with Crippen molar-refractivity contribution in [1.29, 1.82) is 0 Å². The molecule has 1 aliphatic rings. The number of hydrogen-bond acceptors (Lipinski definition) is 2. The topological polar surface area (TPSA) is 6.48 Å². The normalized spacial score (nSPS) is 12.6. The Bertz CT molecular complexity index is 3190. The van der Waals surface area contributed by atoms with Crippen molar-refractivity contribution in [1.82, 2.24) is 0 Å². The highest BCUT2D eigenvalue weighted by Gasteiger charge is 2.35. The van der Waals surface area contributed by atoms with Crippen molar-refractivity contribution in [2.45, 2.75) is 19.3 Å². The van der Waals surface area contributed by atoms with Crippen LogP contribution in [-0.2, 0) is 5.41 Å². The third-order valence-electron chi connectivity index (χ3n) is 12.6. The molecule has 1 aliphatic carbocycles. The molecular weight excluding hydrogens is 737 g/mol. The van der Waals surface area contributed by atoms with Gasteiger partial charge in [0.15, 0.2) is 0 Å². The van der Waals surface area contributed by atoms with E-state index in [1.165, 1.54) is 66.1 Å². The standard InChI is InChI=1S/C59H44N2/c1-59(2)56-21-11-10-20-54(56)55-38-37-52(40-57(55)59)60(48-30-23-43(24-31-48)41-13-4-3-5-14-41)49-32-25-44(26-33-49)45-27-34-50(35-28-45)61(51-36-29-42-15-6-7-17-47(42)39-51)58-22-12-18-46-16-8-9-19-53(46)58/h3-40H,1-2H3. The summed E-state index contributed by atoms with van der Waals surface area (Å²) >= 11 is 0. The first kappa shape index (κ1) is 36.4. The van der Waals surface area contributed by atoms with Gasteiger partial charge in [0, 0.05) is 39.2 Å². The maximum atomic E-state index is 2.41. The lowest BCUT2D eigenvalue weighted by molar-refractivity contribution is 0.660. The number of anilines is 6. The van der Waals surface area contributed by atoms with E-state index in [0.29, 0.717) is 0 Å². The van der Waals surface area contributed by atoms with Crippen molar-refractivity contribution < 1.29 is 0 Å². The summed E-state index contributed by atoms with van der Waals surface area (Å²) in [7, 11) is 0. The Kier molecular flexibility index (Phi) is 8.86. The van der Waals surface area contributed by atoms with Crippen LogP contribution in [0, 0.1) is 0 Å². The average Bonchev–Trinajstić information content (AvgIpc) is 3.55. The lowest BCUT2D eigenvalue weighted by Gasteiger charge is -2.28. The van der Waals surface area contributed by atoms with E-state index in [9.17, 15) is 0 Å². The average molecular weight is 781 g/mol. The molecule has 0 radical (unpaired) electrons. The highest BCUT2D eigenvalue weighted by atomic mass is 15.1. The summed E-state index contributed by atoms with van der Waals surface area (Å²) in [5, 5.41) is 4.89. The molecule has 0 unspecified atom stereocenters. The van der Waals surface area contributed by atoms with Crippen molar-refractivity contribution in [2.24, 2.45) is 0 Å². The number of rotatable bonds is 8. The Labute approximate surface area is 358 Å². The van der Waals surface area contributed by atoms with Crippen LogP contribution in [0.4, 0.5) is 34.1 Å². The molecule has 0 heterocycles. The van der Waals surface area contributed by atoms with Gasteiger partial charge in [-0.25, -0.2) is 0 Å². The Morgan fingerprint density at radius 1 is 0.295 bits per heavy atom. The third kappa shape index (κ3) is 6.45. The molecule has 2 heteroatoms. The van der Waals surface area contributed by atoms with Crippen LogP contribution in [-0.4, -0.2) is 0 Å². The molecule has 2 nitrogen and oxygen atoms in total. The van der Waals surface area contributed by atoms with E-state index >= 15 is 0 Å². The number of fused-ring (bicyclic) bond motifs is 5. The highest BCUT2D eigenvalue weighted by molar-refractivity contribution is 6.00. The van der Waals surface area contributed by atoms with Crippen molar-refractivity contribution in [3.63, 3.8) is 0 Å². The Hall–Kier alpha value is -7.68. The molecular formula is C59H44N2. The minimum Gasteiger partial charge on any atom is -0.310 e. The van der Waals surface area contributed by atoms with E-state index in [1.807, 2.05) is 0 Å². The zero-order valence-electron chi connectivity index (χ0n) is 34.3. The molecule has 290 valence electrons. The fraction of sp³-hybridized carbons (Fsp3) is 0.0508. The summed E-state index contributed by atoms with van der Waals surface area (Å²) in [5.74, 6) is 0. The SMILES string of the molecule is CC1(C)c2ccccc2-c2ccc(N(c3ccc(-c4ccccc4)cc3)c3ccc(-c4ccc(N(c5ccc6ccccc6c5)c5cccc6ccccc56)cc4)cc3)cc21.